The lowest BCUT2D eigenvalue weighted by Crippen LogP contribution is -2.24. The number of anilines is 1. The number of fused-ring (bicyclic) bond motifs is 3. The normalized spacial score (nSPS) is 12.6. The Morgan fingerprint density at radius 1 is 1.10 bits per heavy atom. The van der Waals surface area contributed by atoms with Gasteiger partial charge in [-0.25, -0.2) is 4.98 Å². The minimum Gasteiger partial charge on any atom is -0.406 e. The van der Waals surface area contributed by atoms with E-state index in [1.165, 1.54) is 17.7 Å². The molecule has 0 aliphatic heterocycles. The number of pyridine rings is 1. The van der Waals surface area contributed by atoms with Crippen LogP contribution in [0.2, 0.25) is 0 Å². The predicted octanol–water partition coefficient (Wildman–Crippen LogP) is 7.89. The fourth-order valence-corrected chi connectivity index (χ4v) is 4.65. The van der Waals surface area contributed by atoms with Crippen LogP contribution in [-0.2, 0) is 0 Å². The van der Waals surface area contributed by atoms with E-state index in [9.17, 15) is 13.2 Å². The first-order valence-corrected chi connectivity index (χ1v) is 13.1. The standard InChI is InChI=1S/C30H26F3N5OS/c1-3-19(2)24-6-4-5-7-26(24)36-29(40)37-35-17-20-8-13-25-22(16-20)14-15-38-27(18-34-28(25)38)21-9-11-23(12-10-21)39-30(31,32)33/h4-19H,3H2,1-2H3,(H2,36,37,40)/b35-17+. The largest absolute Gasteiger partial charge is 0.573 e. The van der Waals surface area contributed by atoms with Crippen LogP contribution in [0.25, 0.3) is 27.7 Å². The minimum atomic E-state index is -4.73. The van der Waals surface area contributed by atoms with Gasteiger partial charge in [0.15, 0.2) is 5.11 Å². The number of hydrogen-bond acceptors (Lipinski definition) is 4. The molecule has 5 rings (SSSR count). The number of ether oxygens (including phenoxy) is 1. The molecule has 10 heteroatoms. The van der Waals surface area contributed by atoms with Gasteiger partial charge in [-0.1, -0.05) is 38.1 Å². The summed E-state index contributed by atoms with van der Waals surface area (Å²) in [6, 6.07) is 21.6. The summed E-state index contributed by atoms with van der Waals surface area (Å²) in [6.45, 7) is 4.34. The van der Waals surface area contributed by atoms with Crippen molar-refractivity contribution in [1.29, 1.82) is 0 Å². The topological polar surface area (TPSA) is 63.0 Å². The molecule has 3 aromatic carbocycles. The molecular formula is C30H26F3N5OS. The Labute approximate surface area is 234 Å². The maximum absolute atomic E-state index is 12.5. The van der Waals surface area contributed by atoms with Crippen LogP contribution >= 0.6 is 12.2 Å². The second-order valence-electron chi connectivity index (χ2n) is 9.29. The van der Waals surface area contributed by atoms with E-state index >= 15 is 0 Å². The SMILES string of the molecule is CCC(C)c1ccccc1NC(=S)N/N=C/c1ccc2c(ccn3c(-c4ccc(OC(F)(F)F)cc4)cnc23)c1. The second kappa shape index (κ2) is 11.4. The van der Waals surface area contributed by atoms with Gasteiger partial charge in [-0.15, -0.1) is 13.2 Å². The zero-order chi connectivity index (χ0) is 28.3. The molecule has 0 saturated carbocycles. The van der Waals surface area contributed by atoms with Gasteiger partial charge in [0.1, 0.15) is 11.4 Å². The van der Waals surface area contributed by atoms with Gasteiger partial charge in [-0.2, -0.15) is 5.10 Å². The molecular weight excluding hydrogens is 535 g/mol. The first-order chi connectivity index (χ1) is 19.2. The molecule has 0 fully saturated rings. The fraction of sp³-hybridized carbons (Fsp3) is 0.167. The quantitative estimate of drug-likeness (QED) is 0.120. The first kappa shape index (κ1) is 27.1. The van der Waals surface area contributed by atoms with Crippen LogP contribution in [-0.4, -0.2) is 27.1 Å². The fourth-order valence-electron chi connectivity index (χ4n) is 4.49. The number of hydrazone groups is 1. The number of para-hydroxylation sites is 1. The summed E-state index contributed by atoms with van der Waals surface area (Å²) in [7, 11) is 0. The van der Waals surface area contributed by atoms with Crippen molar-refractivity contribution in [1.82, 2.24) is 14.8 Å². The van der Waals surface area contributed by atoms with Crippen molar-refractivity contribution < 1.29 is 17.9 Å². The Morgan fingerprint density at radius 2 is 1.88 bits per heavy atom. The Balaban J connectivity index is 1.30. The van der Waals surface area contributed by atoms with Gasteiger partial charge < -0.3 is 10.1 Å². The summed E-state index contributed by atoms with van der Waals surface area (Å²) in [6.07, 6.45) is 1.57. The second-order valence-corrected chi connectivity index (χ2v) is 9.70. The maximum Gasteiger partial charge on any atom is 0.573 e. The van der Waals surface area contributed by atoms with Gasteiger partial charge in [-0.05, 0) is 89.6 Å². The number of thiocarbonyl (C=S) groups is 1. The number of imidazole rings is 1. The van der Waals surface area contributed by atoms with Gasteiger partial charge in [0.25, 0.3) is 0 Å². The molecule has 1 unspecified atom stereocenters. The van der Waals surface area contributed by atoms with E-state index in [0.717, 1.165) is 39.8 Å². The molecule has 2 N–H and O–H groups in total. The molecule has 1 atom stereocenters. The Morgan fingerprint density at radius 3 is 2.62 bits per heavy atom. The van der Waals surface area contributed by atoms with Gasteiger partial charge in [0.05, 0.1) is 18.1 Å². The third-order valence-corrected chi connectivity index (χ3v) is 6.83. The third-order valence-electron chi connectivity index (χ3n) is 6.63. The molecule has 0 aliphatic carbocycles. The van der Waals surface area contributed by atoms with Gasteiger partial charge >= 0.3 is 6.36 Å². The molecule has 0 radical (unpaired) electrons. The van der Waals surface area contributed by atoms with E-state index in [4.69, 9.17) is 12.2 Å². The highest BCUT2D eigenvalue weighted by Crippen LogP contribution is 2.29. The number of halogens is 3. The van der Waals surface area contributed by atoms with Crippen LogP contribution in [0, 0.1) is 0 Å². The average molecular weight is 562 g/mol. The number of alkyl halides is 3. The zero-order valence-corrected chi connectivity index (χ0v) is 22.6. The number of hydrogen-bond donors (Lipinski definition) is 2. The lowest BCUT2D eigenvalue weighted by atomic mass is 9.97. The summed E-state index contributed by atoms with van der Waals surface area (Å²) in [5.41, 5.74) is 8.12. The minimum absolute atomic E-state index is 0.272. The summed E-state index contributed by atoms with van der Waals surface area (Å²) in [5, 5.41) is 9.81. The smallest absolute Gasteiger partial charge is 0.406 e. The van der Waals surface area contributed by atoms with Crippen LogP contribution in [0.4, 0.5) is 18.9 Å². The van der Waals surface area contributed by atoms with Crippen LogP contribution in [0.3, 0.4) is 0 Å². The molecule has 0 amide bonds. The molecule has 0 saturated heterocycles. The highest BCUT2D eigenvalue weighted by molar-refractivity contribution is 7.80. The van der Waals surface area contributed by atoms with Crippen LogP contribution in [0.5, 0.6) is 5.75 Å². The number of aromatic nitrogens is 2. The highest BCUT2D eigenvalue weighted by Gasteiger charge is 2.31. The van der Waals surface area contributed by atoms with Crippen LogP contribution in [0.1, 0.15) is 37.3 Å². The van der Waals surface area contributed by atoms with E-state index in [-0.39, 0.29) is 5.75 Å². The van der Waals surface area contributed by atoms with E-state index in [1.54, 1.807) is 24.5 Å². The molecule has 2 heterocycles. The molecule has 2 aromatic heterocycles. The average Bonchev–Trinajstić information content (AvgIpc) is 3.37. The van der Waals surface area contributed by atoms with Crippen molar-refractivity contribution in [2.75, 3.05) is 5.32 Å². The number of rotatable bonds is 7. The molecule has 0 spiro atoms. The van der Waals surface area contributed by atoms with E-state index in [1.807, 2.05) is 53.1 Å². The van der Waals surface area contributed by atoms with E-state index < -0.39 is 6.36 Å². The molecule has 0 bridgehead atoms. The summed E-state index contributed by atoms with van der Waals surface area (Å²) in [5.74, 6) is 0.135. The summed E-state index contributed by atoms with van der Waals surface area (Å²) >= 11 is 5.43. The van der Waals surface area contributed by atoms with E-state index in [0.29, 0.717) is 16.6 Å². The Hall–Kier alpha value is -4.44. The van der Waals surface area contributed by atoms with Crippen molar-refractivity contribution in [3.63, 3.8) is 0 Å². The van der Waals surface area contributed by atoms with Crippen molar-refractivity contribution in [3.05, 3.63) is 96.3 Å². The van der Waals surface area contributed by atoms with Crippen molar-refractivity contribution in [2.45, 2.75) is 32.5 Å². The Kier molecular flexibility index (Phi) is 7.70. The zero-order valence-electron chi connectivity index (χ0n) is 21.7. The monoisotopic (exact) mass is 561 g/mol. The molecule has 0 aliphatic rings. The van der Waals surface area contributed by atoms with Crippen molar-refractivity contribution in [2.24, 2.45) is 5.10 Å². The number of nitrogens with one attached hydrogen (secondary N) is 2. The van der Waals surface area contributed by atoms with Crippen molar-refractivity contribution in [3.8, 4) is 17.0 Å². The summed E-state index contributed by atoms with van der Waals surface area (Å²) < 4.78 is 43.3. The maximum atomic E-state index is 12.5. The molecule has 5 aromatic rings. The first-order valence-electron chi connectivity index (χ1n) is 12.7. The van der Waals surface area contributed by atoms with Crippen LogP contribution < -0.4 is 15.5 Å². The van der Waals surface area contributed by atoms with Gasteiger partial charge in [0.2, 0.25) is 0 Å². The highest BCUT2D eigenvalue weighted by atomic mass is 32.1. The predicted molar refractivity (Wildman–Crippen MR) is 157 cm³/mol. The van der Waals surface area contributed by atoms with Crippen molar-refractivity contribution >= 4 is 45.7 Å². The summed E-state index contributed by atoms with van der Waals surface area (Å²) in [4.78, 5) is 4.57. The molecule has 40 heavy (non-hydrogen) atoms. The lowest BCUT2D eigenvalue weighted by molar-refractivity contribution is -0.274. The molecule has 204 valence electrons. The Bertz CT molecular complexity index is 1700. The third kappa shape index (κ3) is 6.07. The van der Waals surface area contributed by atoms with Gasteiger partial charge in [0, 0.05) is 22.8 Å². The lowest BCUT2D eigenvalue weighted by Gasteiger charge is -2.16. The van der Waals surface area contributed by atoms with E-state index in [2.05, 4.69) is 45.5 Å². The van der Waals surface area contributed by atoms with Gasteiger partial charge in [-0.3, -0.25) is 9.83 Å². The number of benzene rings is 3. The molecule has 6 nitrogen and oxygen atoms in total. The van der Waals surface area contributed by atoms with Crippen LogP contribution in [0.15, 0.2) is 90.3 Å². The number of nitrogens with zero attached hydrogens (tertiary/aromatic N) is 3.